The molecule has 0 amide bonds. The first-order chi connectivity index (χ1) is 11.1. The van der Waals surface area contributed by atoms with E-state index in [0.29, 0.717) is 23.9 Å². The van der Waals surface area contributed by atoms with Crippen molar-refractivity contribution in [1.29, 1.82) is 0 Å². The molecule has 6 heteroatoms. The van der Waals surface area contributed by atoms with Crippen molar-refractivity contribution in [2.75, 3.05) is 18.1 Å². The first-order valence-corrected chi connectivity index (χ1v) is 7.81. The molecule has 0 saturated carbocycles. The third-order valence-electron chi connectivity index (χ3n) is 4.04. The number of nitro benzene ring substituents is 1. The average Bonchev–Trinajstić information content (AvgIpc) is 2.55. The zero-order valence-electron chi connectivity index (χ0n) is 12.7. The van der Waals surface area contributed by atoms with Crippen LogP contribution in [0.4, 0.5) is 11.4 Å². The Hall–Kier alpha value is -2.11. The van der Waals surface area contributed by atoms with Crippen molar-refractivity contribution in [3.63, 3.8) is 0 Å². The molecule has 1 heterocycles. The fourth-order valence-electron chi connectivity index (χ4n) is 2.86. The van der Waals surface area contributed by atoms with Crippen LogP contribution in [0.5, 0.6) is 0 Å². The number of halogens is 1. The van der Waals surface area contributed by atoms with Crippen LogP contribution in [-0.4, -0.2) is 24.1 Å². The molecule has 0 spiro atoms. The molecular weight excluding hydrogens is 316 g/mol. The summed E-state index contributed by atoms with van der Waals surface area (Å²) in [5, 5.41) is 12.0. The maximum absolute atomic E-state index is 11.3. The van der Waals surface area contributed by atoms with Crippen molar-refractivity contribution in [1.82, 2.24) is 0 Å². The van der Waals surface area contributed by atoms with Gasteiger partial charge in [-0.05, 0) is 30.7 Å². The molecule has 1 fully saturated rings. The van der Waals surface area contributed by atoms with Crippen LogP contribution in [0.25, 0.3) is 0 Å². The Morgan fingerprint density at radius 2 is 2.04 bits per heavy atom. The molecule has 23 heavy (non-hydrogen) atoms. The number of morpholine rings is 1. The van der Waals surface area contributed by atoms with Crippen LogP contribution < -0.4 is 4.90 Å². The molecule has 120 valence electrons. The summed E-state index contributed by atoms with van der Waals surface area (Å²) in [6.45, 7) is 3.06. The fourth-order valence-corrected chi connectivity index (χ4v) is 3.06. The molecule has 5 nitrogen and oxygen atoms in total. The van der Waals surface area contributed by atoms with Crippen molar-refractivity contribution in [2.24, 2.45) is 0 Å². The number of benzene rings is 2. The minimum absolute atomic E-state index is 0.0616. The van der Waals surface area contributed by atoms with Gasteiger partial charge in [0.25, 0.3) is 5.69 Å². The summed E-state index contributed by atoms with van der Waals surface area (Å²) in [4.78, 5) is 13.0. The van der Waals surface area contributed by atoms with E-state index in [0.717, 1.165) is 5.56 Å². The number of hydrogen-bond acceptors (Lipinski definition) is 4. The van der Waals surface area contributed by atoms with Gasteiger partial charge in [0.2, 0.25) is 0 Å². The molecule has 0 radical (unpaired) electrons. The summed E-state index contributed by atoms with van der Waals surface area (Å²) < 4.78 is 5.91. The Balaban J connectivity index is 1.91. The lowest BCUT2D eigenvalue weighted by atomic mass is 10.0. The van der Waals surface area contributed by atoms with Crippen LogP contribution in [0.15, 0.2) is 48.5 Å². The van der Waals surface area contributed by atoms with E-state index < -0.39 is 0 Å². The second-order valence-corrected chi connectivity index (χ2v) is 6.06. The fraction of sp³-hybridized carbons (Fsp3) is 0.294. The van der Waals surface area contributed by atoms with E-state index in [4.69, 9.17) is 16.3 Å². The summed E-state index contributed by atoms with van der Waals surface area (Å²) in [6.07, 6.45) is -0.162. The zero-order chi connectivity index (χ0) is 16.4. The highest BCUT2D eigenvalue weighted by Crippen LogP contribution is 2.34. The molecule has 2 unspecified atom stereocenters. The second-order valence-electron chi connectivity index (χ2n) is 5.62. The van der Waals surface area contributed by atoms with E-state index in [1.807, 2.05) is 42.2 Å². The highest BCUT2D eigenvalue weighted by molar-refractivity contribution is 6.30. The molecule has 0 aromatic heterocycles. The largest absolute Gasteiger partial charge is 0.370 e. The van der Waals surface area contributed by atoms with Crippen molar-refractivity contribution < 1.29 is 9.66 Å². The lowest BCUT2D eigenvalue weighted by Crippen LogP contribution is -2.45. The minimum atomic E-state index is -0.341. The molecule has 0 N–H and O–H groups in total. The maximum atomic E-state index is 11.3. The number of nitro groups is 1. The predicted molar refractivity (Wildman–Crippen MR) is 90.0 cm³/mol. The molecular formula is C17H17ClN2O3. The highest BCUT2D eigenvalue weighted by Gasteiger charge is 2.31. The van der Waals surface area contributed by atoms with Crippen LogP contribution in [-0.2, 0) is 4.74 Å². The Morgan fingerprint density at radius 3 is 2.78 bits per heavy atom. The number of rotatable bonds is 3. The summed E-state index contributed by atoms with van der Waals surface area (Å²) in [5.74, 6) is 0. The molecule has 1 saturated heterocycles. The minimum Gasteiger partial charge on any atom is -0.370 e. The van der Waals surface area contributed by atoms with E-state index in [1.54, 1.807) is 12.1 Å². The highest BCUT2D eigenvalue weighted by atomic mass is 35.5. The topological polar surface area (TPSA) is 55.6 Å². The first-order valence-electron chi connectivity index (χ1n) is 7.43. The predicted octanol–water partition coefficient (Wildman–Crippen LogP) is 4.21. The van der Waals surface area contributed by atoms with E-state index >= 15 is 0 Å². The summed E-state index contributed by atoms with van der Waals surface area (Å²) in [7, 11) is 0. The summed E-state index contributed by atoms with van der Waals surface area (Å²) in [6, 6.07) is 14.4. The van der Waals surface area contributed by atoms with Crippen LogP contribution in [0.1, 0.15) is 18.6 Å². The molecule has 3 rings (SSSR count). The second kappa shape index (κ2) is 6.56. The van der Waals surface area contributed by atoms with E-state index in [-0.39, 0.29) is 22.8 Å². The van der Waals surface area contributed by atoms with E-state index in [2.05, 4.69) is 0 Å². The number of para-hydroxylation sites is 2. The number of ether oxygens (including phenoxy) is 1. The number of nitrogens with zero attached hydrogens (tertiary/aromatic N) is 2. The first kappa shape index (κ1) is 15.8. The maximum Gasteiger partial charge on any atom is 0.292 e. The van der Waals surface area contributed by atoms with Gasteiger partial charge in [0.15, 0.2) is 0 Å². The monoisotopic (exact) mass is 332 g/mol. The molecule has 0 bridgehead atoms. The van der Waals surface area contributed by atoms with Crippen molar-refractivity contribution in [3.05, 3.63) is 69.2 Å². The van der Waals surface area contributed by atoms with Crippen LogP contribution >= 0.6 is 11.6 Å². The van der Waals surface area contributed by atoms with Gasteiger partial charge in [0.05, 0.1) is 11.5 Å². The van der Waals surface area contributed by atoms with Crippen LogP contribution in [0.3, 0.4) is 0 Å². The molecule has 0 aliphatic carbocycles. The van der Waals surface area contributed by atoms with Gasteiger partial charge in [0.1, 0.15) is 11.8 Å². The third-order valence-corrected chi connectivity index (χ3v) is 4.28. The Kier molecular flexibility index (Phi) is 4.50. The lowest BCUT2D eigenvalue weighted by molar-refractivity contribution is -0.384. The van der Waals surface area contributed by atoms with Gasteiger partial charge in [-0.2, -0.15) is 0 Å². The van der Waals surface area contributed by atoms with Crippen molar-refractivity contribution in [2.45, 2.75) is 19.1 Å². The van der Waals surface area contributed by atoms with Crippen LogP contribution in [0, 0.1) is 10.1 Å². The van der Waals surface area contributed by atoms with E-state index in [1.165, 1.54) is 6.07 Å². The molecule has 2 atom stereocenters. The summed E-state index contributed by atoms with van der Waals surface area (Å²) in [5.41, 5.74) is 1.72. The smallest absolute Gasteiger partial charge is 0.292 e. The van der Waals surface area contributed by atoms with Crippen molar-refractivity contribution in [3.8, 4) is 0 Å². The van der Waals surface area contributed by atoms with Crippen LogP contribution in [0.2, 0.25) is 5.02 Å². The van der Waals surface area contributed by atoms with Gasteiger partial charge in [0, 0.05) is 23.7 Å². The van der Waals surface area contributed by atoms with Gasteiger partial charge < -0.3 is 9.64 Å². The molecule has 1 aliphatic heterocycles. The van der Waals surface area contributed by atoms with Crippen molar-refractivity contribution >= 4 is 23.0 Å². The molecule has 2 aromatic rings. The quantitative estimate of drug-likeness (QED) is 0.624. The average molecular weight is 333 g/mol. The van der Waals surface area contributed by atoms with Gasteiger partial charge in [-0.15, -0.1) is 0 Å². The summed E-state index contributed by atoms with van der Waals surface area (Å²) >= 11 is 6.05. The normalized spacial score (nSPS) is 21.2. The molecule has 1 aliphatic rings. The van der Waals surface area contributed by atoms with Gasteiger partial charge in [-0.3, -0.25) is 10.1 Å². The molecule has 2 aromatic carbocycles. The Morgan fingerprint density at radius 1 is 1.26 bits per heavy atom. The number of anilines is 1. The Bertz CT molecular complexity index is 722. The standard InChI is InChI=1S/C17H17ClN2O3/c1-12-11-23-17(13-5-4-6-14(18)9-13)10-19(12)15-7-2-3-8-16(15)20(21)22/h2-9,12,17H,10-11H2,1H3. The SMILES string of the molecule is CC1COC(c2cccc(Cl)c2)CN1c1ccccc1[N+](=O)[O-]. The van der Waals surface area contributed by atoms with Gasteiger partial charge >= 0.3 is 0 Å². The zero-order valence-corrected chi connectivity index (χ0v) is 13.4. The van der Waals surface area contributed by atoms with Gasteiger partial charge in [-0.1, -0.05) is 35.9 Å². The lowest BCUT2D eigenvalue weighted by Gasteiger charge is -2.39. The Labute approximate surface area is 139 Å². The third kappa shape index (κ3) is 3.30. The number of hydrogen-bond donors (Lipinski definition) is 0. The van der Waals surface area contributed by atoms with E-state index in [9.17, 15) is 10.1 Å². The van der Waals surface area contributed by atoms with Gasteiger partial charge in [-0.25, -0.2) is 0 Å².